The predicted molar refractivity (Wildman–Crippen MR) is 127 cm³/mol. The second-order valence-corrected chi connectivity index (χ2v) is 7.96. The summed E-state index contributed by atoms with van der Waals surface area (Å²) in [5.74, 6) is -1.47. The van der Waals surface area contributed by atoms with E-state index in [0.717, 1.165) is 22.3 Å². The molecule has 0 saturated heterocycles. The van der Waals surface area contributed by atoms with Crippen molar-refractivity contribution in [1.82, 2.24) is 29.7 Å². The number of ether oxygens (including phenoxy) is 1. The number of benzene rings is 1. The van der Waals surface area contributed by atoms with Crippen LogP contribution in [0.25, 0.3) is 22.3 Å². The van der Waals surface area contributed by atoms with Crippen LogP contribution in [0.15, 0.2) is 31.1 Å². The van der Waals surface area contributed by atoms with E-state index in [1.54, 1.807) is 24.3 Å². The Morgan fingerprint density at radius 2 is 2.08 bits per heavy atom. The van der Waals surface area contributed by atoms with Gasteiger partial charge in [0.05, 0.1) is 31.7 Å². The summed E-state index contributed by atoms with van der Waals surface area (Å²) in [6, 6.07) is 3.78. The van der Waals surface area contributed by atoms with Crippen LogP contribution in [0.1, 0.15) is 24.1 Å². The van der Waals surface area contributed by atoms with Gasteiger partial charge in [-0.1, -0.05) is 11.6 Å². The second kappa shape index (κ2) is 11.1. The minimum Gasteiger partial charge on any atom is -0.496 e. The number of aliphatic carboxylic acids is 1. The van der Waals surface area contributed by atoms with Crippen LogP contribution in [0.5, 0.6) is 5.75 Å². The number of aromatic amines is 1. The number of nitrogens with zero attached hydrogens (tertiary/aromatic N) is 6. The van der Waals surface area contributed by atoms with Gasteiger partial charge >= 0.3 is 12.1 Å². The molecule has 11 nitrogen and oxygen atoms in total. The Labute approximate surface area is 212 Å². The van der Waals surface area contributed by atoms with Crippen molar-refractivity contribution in [3.05, 3.63) is 47.3 Å². The smallest absolute Gasteiger partial charge is 0.490 e. The van der Waals surface area contributed by atoms with Crippen molar-refractivity contribution in [3.63, 3.8) is 0 Å². The summed E-state index contributed by atoms with van der Waals surface area (Å²) in [5.41, 5.74) is 4.70. The summed E-state index contributed by atoms with van der Waals surface area (Å²) < 4.78 is 39.1. The number of hydrogen-bond donors (Lipinski definition) is 3. The lowest BCUT2D eigenvalue weighted by atomic mass is 9.95. The Balaban J connectivity index is 0.000000479. The number of nitriles is 1. The Morgan fingerprint density at radius 1 is 1.38 bits per heavy atom. The molecule has 0 saturated carbocycles. The molecule has 37 heavy (non-hydrogen) atoms. The molecule has 1 aromatic carbocycles. The fraction of sp³-hybridized carbons (Fsp3) is 0.273. The highest BCUT2D eigenvalue weighted by Gasteiger charge is 2.38. The first-order valence-electron chi connectivity index (χ1n) is 10.4. The van der Waals surface area contributed by atoms with Crippen molar-refractivity contribution in [2.24, 2.45) is 0 Å². The first-order valence-corrected chi connectivity index (χ1v) is 10.8. The minimum atomic E-state index is -5.08. The highest BCUT2D eigenvalue weighted by molar-refractivity contribution is 6.32. The van der Waals surface area contributed by atoms with Crippen molar-refractivity contribution in [2.75, 3.05) is 12.4 Å². The Hall–Kier alpha value is -4.38. The number of alkyl halides is 3. The monoisotopic (exact) mass is 536 g/mol. The van der Waals surface area contributed by atoms with Gasteiger partial charge in [0.25, 0.3) is 0 Å². The Morgan fingerprint density at radius 3 is 2.70 bits per heavy atom. The fourth-order valence-corrected chi connectivity index (χ4v) is 3.65. The highest BCUT2D eigenvalue weighted by atomic mass is 35.5. The van der Waals surface area contributed by atoms with E-state index in [1.807, 2.05) is 26.1 Å². The van der Waals surface area contributed by atoms with Crippen molar-refractivity contribution in [3.8, 4) is 22.9 Å². The van der Waals surface area contributed by atoms with Gasteiger partial charge in [-0.3, -0.25) is 4.68 Å². The predicted octanol–water partition coefficient (Wildman–Crippen LogP) is 4.52. The standard InChI is InChI=1S/C20H19ClN8O.C2HF3O2/c1-11-15(21)6-14(12(2)28-20-17-19(24-9-23-17)25-10-26-20)18(30-3)16(11)13-7-27-29(8-13)5-4-22;3-2(4,5)1(6)7/h6-10,12H,5H2,1-3H3,(H2,23,24,25,26,28);(H,6,7). The molecule has 0 amide bonds. The van der Waals surface area contributed by atoms with Crippen molar-refractivity contribution >= 4 is 34.6 Å². The molecular formula is C22H20ClF3N8O3. The normalized spacial score (nSPS) is 11.8. The Bertz CT molecular complexity index is 1460. The number of imidazole rings is 1. The summed E-state index contributed by atoms with van der Waals surface area (Å²) >= 11 is 6.58. The first-order chi connectivity index (χ1) is 17.5. The van der Waals surface area contributed by atoms with E-state index < -0.39 is 12.1 Å². The molecule has 0 aliphatic rings. The lowest BCUT2D eigenvalue weighted by Crippen LogP contribution is -2.21. The summed E-state index contributed by atoms with van der Waals surface area (Å²) in [6.45, 7) is 4.09. The van der Waals surface area contributed by atoms with Crippen LogP contribution < -0.4 is 10.1 Å². The van der Waals surface area contributed by atoms with E-state index >= 15 is 0 Å². The van der Waals surface area contributed by atoms with Gasteiger partial charge in [0, 0.05) is 27.9 Å². The van der Waals surface area contributed by atoms with Gasteiger partial charge in [0.15, 0.2) is 11.5 Å². The largest absolute Gasteiger partial charge is 0.496 e. The maximum absolute atomic E-state index is 10.6. The fourth-order valence-electron chi connectivity index (χ4n) is 3.44. The molecule has 3 aromatic heterocycles. The molecular weight excluding hydrogens is 517 g/mol. The number of aromatic nitrogens is 6. The highest BCUT2D eigenvalue weighted by Crippen LogP contribution is 2.42. The van der Waals surface area contributed by atoms with Crippen molar-refractivity contribution in [1.29, 1.82) is 5.26 Å². The quantitative estimate of drug-likeness (QED) is 0.322. The van der Waals surface area contributed by atoms with Crippen LogP contribution in [-0.2, 0) is 11.3 Å². The van der Waals surface area contributed by atoms with E-state index in [-0.39, 0.29) is 12.6 Å². The molecule has 15 heteroatoms. The summed E-state index contributed by atoms with van der Waals surface area (Å²) in [4.78, 5) is 24.6. The van der Waals surface area contributed by atoms with Gasteiger partial charge < -0.3 is 20.1 Å². The third-order valence-electron chi connectivity index (χ3n) is 5.14. The number of nitrogens with one attached hydrogen (secondary N) is 2. The molecule has 0 bridgehead atoms. The topological polar surface area (TPSA) is 155 Å². The molecule has 1 unspecified atom stereocenters. The van der Waals surface area contributed by atoms with Gasteiger partial charge in [0.1, 0.15) is 24.1 Å². The average Bonchev–Trinajstić information content (AvgIpc) is 3.50. The SMILES string of the molecule is COc1c(C(C)Nc2ncnc3[nH]cnc23)cc(Cl)c(C)c1-c1cnn(CC#N)c1.O=C(O)C(F)(F)F. The summed E-state index contributed by atoms with van der Waals surface area (Å²) in [6.07, 6.45) is 1.49. The number of H-pyrrole nitrogens is 1. The molecule has 0 aliphatic heterocycles. The van der Waals surface area contributed by atoms with Gasteiger partial charge in [-0.05, 0) is 25.5 Å². The zero-order chi connectivity index (χ0) is 27.3. The molecule has 3 heterocycles. The molecule has 0 radical (unpaired) electrons. The third kappa shape index (κ3) is 6.07. The van der Waals surface area contributed by atoms with Crippen molar-refractivity contribution in [2.45, 2.75) is 32.6 Å². The van der Waals surface area contributed by atoms with Crippen molar-refractivity contribution < 1.29 is 27.8 Å². The van der Waals surface area contributed by atoms with Crippen LogP contribution in [0.3, 0.4) is 0 Å². The maximum Gasteiger partial charge on any atom is 0.490 e. The second-order valence-electron chi connectivity index (χ2n) is 7.56. The molecule has 1 atom stereocenters. The van der Waals surface area contributed by atoms with Crippen LogP contribution in [0, 0.1) is 18.3 Å². The molecule has 3 N–H and O–H groups in total. The van der Waals surface area contributed by atoms with E-state index in [0.29, 0.717) is 27.8 Å². The van der Waals surface area contributed by atoms with Crippen LogP contribution in [0.2, 0.25) is 5.02 Å². The van der Waals surface area contributed by atoms with Gasteiger partial charge in [-0.15, -0.1) is 0 Å². The van der Waals surface area contributed by atoms with E-state index in [9.17, 15) is 13.2 Å². The Kier molecular flexibility index (Phi) is 8.18. The average molecular weight is 537 g/mol. The zero-order valence-electron chi connectivity index (χ0n) is 19.6. The minimum absolute atomic E-state index is 0.167. The number of fused-ring (bicyclic) bond motifs is 1. The number of methoxy groups -OCH3 is 1. The molecule has 194 valence electrons. The van der Waals surface area contributed by atoms with E-state index in [2.05, 4.69) is 36.4 Å². The number of carbonyl (C=O) groups is 1. The van der Waals surface area contributed by atoms with Gasteiger partial charge in [0.2, 0.25) is 0 Å². The molecule has 0 spiro atoms. The number of carboxylic acid groups (broad SMARTS) is 1. The number of anilines is 1. The number of hydrogen-bond acceptors (Lipinski definition) is 8. The molecule has 0 fully saturated rings. The van der Waals surface area contributed by atoms with Gasteiger partial charge in [-0.2, -0.15) is 23.5 Å². The first kappa shape index (κ1) is 27.2. The number of rotatable bonds is 6. The molecule has 4 rings (SSSR count). The number of halogens is 4. The molecule has 4 aromatic rings. The van der Waals surface area contributed by atoms with Crippen LogP contribution >= 0.6 is 11.6 Å². The third-order valence-corrected chi connectivity index (χ3v) is 5.54. The van der Waals surface area contributed by atoms with Crippen LogP contribution in [-0.4, -0.2) is 54.1 Å². The maximum atomic E-state index is 10.6. The number of carboxylic acids is 1. The molecule has 0 aliphatic carbocycles. The van der Waals surface area contributed by atoms with Crippen LogP contribution in [0.4, 0.5) is 19.0 Å². The summed E-state index contributed by atoms with van der Waals surface area (Å²) in [7, 11) is 1.62. The summed E-state index contributed by atoms with van der Waals surface area (Å²) in [5, 5.41) is 24.3. The van der Waals surface area contributed by atoms with E-state index in [1.165, 1.54) is 6.33 Å². The zero-order valence-corrected chi connectivity index (χ0v) is 20.4. The lowest BCUT2D eigenvalue weighted by Gasteiger charge is -2.22. The lowest BCUT2D eigenvalue weighted by molar-refractivity contribution is -0.192. The van der Waals surface area contributed by atoms with E-state index in [4.69, 9.17) is 31.5 Å². The van der Waals surface area contributed by atoms with Gasteiger partial charge in [-0.25, -0.2) is 19.7 Å².